The minimum absolute atomic E-state index is 0.660. The van der Waals surface area contributed by atoms with Crippen LogP contribution >= 0.6 is 0 Å². The van der Waals surface area contributed by atoms with Crippen LogP contribution in [0.5, 0.6) is 5.88 Å². The Bertz CT molecular complexity index is 596. The predicted molar refractivity (Wildman–Crippen MR) is 79.9 cm³/mol. The molecule has 0 unspecified atom stereocenters. The Morgan fingerprint density at radius 2 is 2.00 bits per heavy atom. The maximum Gasteiger partial charge on any atom is 0.219 e. The number of pyridine rings is 1. The van der Waals surface area contributed by atoms with Crippen molar-refractivity contribution in [3.05, 3.63) is 35.3 Å². The lowest BCUT2D eigenvalue weighted by Crippen LogP contribution is -2.03. The Kier molecular flexibility index (Phi) is 4.66. The number of rotatable bonds is 5. The molecular weight excluding hydrogens is 250 g/mol. The van der Waals surface area contributed by atoms with E-state index in [1.54, 1.807) is 7.11 Å². The number of nitrogens with zero attached hydrogens (tertiary/aromatic N) is 3. The van der Waals surface area contributed by atoms with Crippen LogP contribution in [0.1, 0.15) is 37.2 Å². The average molecular weight is 271 g/mol. The van der Waals surface area contributed by atoms with Gasteiger partial charge in [-0.25, -0.2) is 4.98 Å². The van der Waals surface area contributed by atoms with Gasteiger partial charge in [0, 0.05) is 23.0 Å². The lowest BCUT2D eigenvalue weighted by atomic mass is 10.1. The van der Waals surface area contributed by atoms with E-state index < -0.39 is 0 Å². The summed E-state index contributed by atoms with van der Waals surface area (Å²) < 4.78 is 5.38. The van der Waals surface area contributed by atoms with Crippen molar-refractivity contribution >= 4 is 0 Å². The summed E-state index contributed by atoms with van der Waals surface area (Å²) in [5.41, 5.74) is 4.13. The molecular formula is C16H21N3O. The van der Waals surface area contributed by atoms with Crippen molar-refractivity contribution in [2.24, 2.45) is 0 Å². The SMILES string of the molecule is CCCc1nc(-c2ccnc(CC)c2)nc(OC)c1C. The Labute approximate surface area is 120 Å². The largest absolute Gasteiger partial charge is 0.481 e. The van der Waals surface area contributed by atoms with E-state index in [9.17, 15) is 0 Å². The minimum Gasteiger partial charge on any atom is -0.481 e. The van der Waals surface area contributed by atoms with Crippen LogP contribution in [0, 0.1) is 6.92 Å². The van der Waals surface area contributed by atoms with Gasteiger partial charge in [0.05, 0.1) is 12.8 Å². The van der Waals surface area contributed by atoms with E-state index in [-0.39, 0.29) is 0 Å². The molecule has 0 saturated carbocycles. The second kappa shape index (κ2) is 6.46. The summed E-state index contributed by atoms with van der Waals surface area (Å²) in [5.74, 6) is 1.38. The predicted octanol–water partition coefficient (Wildman–Crippen LogP) is 3.37. The Balaban J connectivity index is 2.52. The van der Waals surface area contributed by atoms with Gasteiger partial charge in [0.2, 0.25) is 5.88 Å². The van der Waals surface area contributed by atoms with E-state index in [0.29, 0.717) is 11.7 Å². The average Bonchev–Trinajstić information content (AvgIpc) is 2.49. The van der Waals surface area contributed by atoms with Gasteiger partial charge in [-0.05, 0) is 31.9 Å². The highest BCUT2D eigenvalue weighted by Crippen LogP contribution is 2.24. The molecule has 0 bridgehead atoms. The van der Waals surface area contributed by atoms with Gasteiger partial charge in [0.1, 0.15) is 0 Å². The van der Waals surface area contributed by atoms with E-state index in [1.165, 1.54) is 0 Å². The van der Waals surface area contributed by atoms with E-state index in [1.807, 2.05) is 25.3 Å². The highest BCUT2D eigenvalue weighted by Gasteiger charge is 2.12. The molecule has 0 atom stereocenters. The zero-order chi connectivity index (χ0) is 14.5. The fourth-order valence-corrected chi connectivity index (χ4v) is 2.16. The lowest BCUT2D eigenvalue weighted by molar-refractivity contribution is 0.393. The van der Waals surface area contributed by atoms with Crippen molar-refractivity contribution in [1.29, 1.82) is 0 Å². The molecule has 20 heavy (non-hydrogen) atoms. The Hall–Kier alpha value is -1.97. The van der Waals surface area contributed by atoms with Crippen LogP contribution in [-0.2, 0) is 12.8 Å². The molecule has 0 saturated heterocycles. The van der Waals surface area contributed by atoms with E-state index in [0.717, 1.165) is 41.8 Å². The summed E-state index contributed by atoms with van der Waals surface area (Å²) in [6.07, 6.45) is 4.70. The summed E-state index contributed by atoms with van der Waals surface area (Å²) in [4.78, 5) is 13.5. The topological polar surface area (TPSA) is 47.9 Å². The van der Waals surface area contributed by atoms with Gasteiger partial charge in [0.25, 0.3) is 0 Å². The normalized spacial score (nSPS) is 10.6. The molecule has 0 aliphatic heterocycles. The summed E-state index contributed by atoms with van der Waals surface area (Å²) in [5, 5.41) is 0. The second-order valence-corrected chi connectivity index (χ2v) is 4.77. The molecule has 0 aromatic carbocycles. The van der Waals surface area contributed by atoms with E-state index in [2.05, 4.69) is 23.8 Å². The maximum atomic E-state index is 5.38. The number of aromatic nitrogens is 3. The molecule has 2 rings (SSSR count). The first-order chi connectivity index (χ1) is 9.69. The fourth-order valence-electron chi connectivity index (χ4n) is 2.16. The number of methoxy groups -OCH3 is 1. The van der Waals surface area contributed by atoms with Crippen molar-refractivity contribution in [3.8, 4) is 17.3 Å². The molecule has 2 aromatic rings. The van der Waals surface area contributed by atoms with Gasteiger partial charge < -0.3 is 4.74 Å². The number of hydrogen-bond acceptors (Lipinski definition) is 4. The second-order valence-electron chi connectivity index (χ2n) is 4.77. The Morgan fingerprint density at radius 1 is 1.20 bits per heavy atom. The first kappa shape index (κ1) is 14.4. The van der Waals surface area contributed by atoms with Crippen molar-refractivity contribution in [3.63, 3.8) is 0 Å². The molecule has 0 N–H and O–H groups in total. The van der Waals surface area contributed by atoms with Crippen LogP contribution in [-0.4, -0.2) is 22.1 Å². The molecule has 4 nitrogen and oxygen atoms in total. The third-order valence-corrected chi connectivity index (χ3v) is 3.32. The monoisotopic (exact) mass is 271 g/mol. The minimum atomic E-state index is 0.660. The van der Waals surface area contributed by atoms with E-state index in [4.69, 9.17) is 9.72 Å². The van der Waals surface area contributed by atoms with Crippen molar-refractivity contribution < 1.29 is 4.74 Å². The molecule has 106 valence electrons. The molecule has 2 aromatic heterocycles. The third kappa shape index (κ3) is 2.95. The first-order valence-electron chi connectivity index (χ1n) is 7.06. The van der Waals surface area contributed by atoms with Crippen LogP contribution in [0.15, 0.2) is 18.3 Å². The van der Waals surface area contributed by atoms with Crippen LogP contribution in [0.3, 0.4) is 0 Å². The zero-order valence-corrected chi connectivity index (χ0v) is 12.6. The summed E-state index contributed by atoms with van der Waals surface area (Å²) in [7, 11) is 1.65. The first-order valence-corrected chi connectivity index (χ1v) is 7.06. The van der Waals surface area contributed by atoms with Crippen molar-refractivity contribution in [2.75, 3.05) is 7.11 Å². The summed E-state index contributed by atoms with van der Waals surface area (Å²) in [6, 6.07) is 3.98. The Morgan fingerprint density at radius 3 is 2.65 bits per heavy atom. The van der Waals surface area contributed by atoms with Gasteiger partial charge >= 0.3 is 0 Å². The van der Waals surface area contributed by atoms with Crippen molar-refractivity contribution in [2.45, 2.75) is 40.0 Å². The molecule has 0 radical (unpaired) electrons. The van der Waals surface area contributed by atoms with Crippen LogP contribution < -0.4 is 4.74 Å². The van der Waals surface area contributed by atoms with Gasteiger partial charge in [-0.15, -0.1) is 0 Å². The van der Waals surface area contributed by atoms with Crippen LogP contribution in [0.25, 0.3) is 11.4 Å². The quantitative estimate of drug-likeness (QED) is 0.836. The third-order valence-electron chi connectivity index (χ3n) is 3.32. The highest BCUT2D eigenvalue weighted by molar-refractivity contribution is 5.56. The number of ether oxygens (including phenoxy) is 1. The molecule has 4 heteroatoms. The molecule has 0 amide bonds. The van der Waals surface area contributed by atoms with Crippen molar-refractivity contribution in [1.82, 2.24) is 15.0 Å². The molecule has 0 aliphatic carbocycles. The molecule has 0 spiro atoms. The highest BCUT2D eigenvalue weighted by atomic mass is 16.5. The summed E-state index contributed by atoms with van der Waals surface area (Å²) >= 11 is 0. The maximum absolute atomic E-state index is 5.38. The van der Waals surface area contributed by atoms with Crippen LogP contribution in [0.2, 0.25) is 0 Å². The molecule has 2 heterocycles. The van der Waals surface area contributed by atoms with Gasteiger partial charge in [-0.1, -0.05) is 20.3 Å². The number of aryl methyl sites for hydroxylation is 2. The van der Waals surface area contributed by atoms with E-state index >= 15 is 0 Å². The summed E-state index contributed by atoms with van der Waals surface area (Å²) in [6.45, 7) is 6.25. The fraction of sp³-hybridized carbons (Fsp3) is 0.438. The lowest BCUT2D eigenvalue weighted by Gasteiger charge is -2.11. The molecule has 0 fully saturated rings. The van der Waals surface area contributed by atoms with Gasteiger partial charge in [-0.2, -0.15) is 4.98 Å². The smallest absolute Gasteiger partial charge is 0.219 e. The molecule has 0 aliphatic rings. The van der Waals surface area contributed by atoms with Crippen LogP contribution in [0.4, 0.5) is 0 Å². The van der Waals surface area contributed by atoms with Gasteiger partial charge in [-0.3, -0.25) is 4.98 Å². The zero-order valence-electron chi connectivity index (χ0n) is 12.6. The number of hydrogen-bond donors (Lipinski definition) is 0. The van der Waals surface area contributed by atoms with Gasteiger partial charge in [0.15, 0.2) is 5.82 Å². The standard InChI is InChI=1S/C16H21N3O/c1-5-7-14-11(3)16(20-4)19-15(18-14)12-8-9-17-13(6-2)10-12/h8-10H,5-7H2,1-4H3.